The van der Waals surface area contributed by atoms with Crippen molar-refractivity contribution in [3.8, 4) is 11.5 Å². The maximum absolute atomic E-state index is 12.2. The third-order valence-corrected chi connectivity index (χ3v) is 4.50. The fraction of sp³-hybridized carbons (Fsp3) is 0.533. The lowest BCUT2D eigenvalue weighted by Crippen LogP contribution is -2.38. The van der Waals surface area contributed by atoms with Crippen LogP contribution in [-0.4, -0.2) is 24.2 Å². The number of amides is 1. The molecule has 2 aliphatic carbocycles. The van der Waals surface area contributed by atoms with Crippen molar-refractivity contribution >= 4 is 5.91 Å². The molecule has 0 radical (unpaired) electrons. The number of carbonyl (C=O) groups excluding carboxylic acids is 1. The van der Waals surface area contributed by atoms with Crippen LogP contribution in [0.1, 0.15) is 36.0 Å². The molecule has 2 aliphatic rings. The van der Waals surface area contributed by atoms with E-state index in [2.05, 4.69) is 5.32 Å². The van der Waals surface area contributed by atoms with Crippen molar-refractivity contribution in [2.45, 2.75) is 31.7 Å². The number of hydrogen-bond donors (Lipinski definition) is 2. The van der Waals surface area contributed by atoms with Crippen LogP contribution in [0.15, 0.2) is 18.2 Å². The first-order chi connectivity index (χ1) is 9.17. The van der Waals surface area contributed by atoms with Gasteiger partial charge in [-0.15, -0.1) is 0 Å². The minimum atomic E-state index is -0.200. The molecule has 4 nitrogen and oxygen atoms in total. The van der Waals surface area contributed by atoms with Gasteiger partial charge in [0.2, 0.25) is 0 Å². The van der Waals surface area contributed by atoms with E-state index in [4.69, 9.17) is 4.74 Å². The number of fused-ring (bicyclic) bond motifs is 2. The summed E-state index contributed by atoms with van der Waals surface area (Å²) in [5, 5.41) is 12.9. The Morgan fingerprint density at radius 2 is 2.21 bits per heavy atom. The van der Waals surface area contributed by atoms with Crippen LogP contribution in [0.4, 0.5) is 0 Å². The monoisotopic (exact) mass is 261 g/mol. The van der Waals surface area contributed by atoms with Gasteiger partial charge in [-0.25, -0.2) is 0 Å². The number of benzene rings is 1. The van der Waals surface area contributed by atoms with Crippen molar-refractivity contribution in [1.82, 2.24) is 5.32 Å². The molecule has 3 rings (SSSR count). The van der Waals surface area contributed by atoms with Crippen LogP contribution in [0.3, 0.4) is 0 Å². The van der Waals surface area contributed by atoms with Crippen LogP contribution in [0.5, 0.6) is 11.5 Å². The van der Waals surface area contributed by atoms with Gasteiger partial charge in [-0.3, -0.25) is 4.79 Å². The standard InChI is InChI=1S/C15H19NO3/c1-19-11-4-5-14(17)12(8-11)15(18)16-13-7-9-2-3-10(13)6-9/h4-5,8-10,13,17H,2-3,6-7H2,1H3,(H,16,18). The molecule has 3 unspecified atom stereocenters. The average molecular weight is 261 g/mol. The van der Waals surface area contributed by atoms with E-state index in [0.717, 1.165) is 12.3 Å². The first-order valence-corrected chi connectivity index (χ1v) is 6.85. The predicted octanol–water partition coefficient (Wildman–Crippen LogP) is 2.32. The summed E-state index contributed by atoms with van der Waals surface area (Å²) in [5.41, 5.74) is 0.294. The highest BCUT2D eigenvalue weighted by molar-refractivity contribution is 5.97. The van der Waals surface area contributed by atoms with Crippen LogP contribution in [-0.2, 0) is 0 Å². The molecule has 2 N–H and O–H groups in total. The Kier molecular flexibility index (Phi) is 3.09. The fourth-order valence-electron chi connectivity index (χ4n) is 3.49. The molecule has 0 saturated heterocycles. The van der Waals surface area contributed by atoms with Gasteiger partial charge in [0.25, 0.3) is 5.91 Å². The number of nitrogens with one attached hydrogen (secondary N) is 1. The third kappa shape index (κ3) is 2.27. The van der Waals surface area contributed by atoms with Gasteiger partial charge in [-0.05, 0) is 49.3 Å². The number of methoxy groups -OCH3 is 1. The third-order valence-electron chi connectivity index (χ3n) is 4.50. The van der Waals surface area contributed by atoms with Gasteiger partial charge in [-0.2, -0.15) is 0 Å². The minimum absolute atomic E-state index is 0.00135. The van der Waals surface area contributed by atoms with Gasteiger partial charge in [0.15, 0.2) is 0 Å². The number of phenolic OH excluding ortho intramolecular Hbond substituents is 1. The molecule has 19 heavy (non-hydrogen) atoms. The summed E-state index contributed by atoms with van der Waals surface area (Å²) in [4.78, 5) is 12.2. The predicted molar refractivity (Wildman–Crippen MR) is 71.4 cm³/mol. The van der Waals surface area contributed by atoms with Gasteiger partial charge >= 0.3 is 0 Å². The van der Waals surface area contributed by atoms with Crippen molar-refractivity contribution in [3.05, 3.63) is 23.8 Å². The molecule has 3 atom stereocenters. The smallest absolute Gasteiger partial charge is 0.255 e. The largest absolute Gasteiger partial charge is 0.507 e. The summed E-state index contributed by atoms with van der Waals surface area (Å²) < 4.78 is 5.09. The van der Waals surface area contributed by atoms with Crippen molar-refractivity contribution in [1.29, 1.82) is 0 Å². The van der Waals surface area contributed by atoms with Crippen molar-refractivity contribution in [3.63, 3.8) is 0 Å². The zero-order valence-electron chi connectivity index (χ0n) is 11.1. The Bertz CT molecular complexity index is 500. The molecule has 1 aromatic carbocycles. The molecule has 1 aromatic rings. The SMILES string of the molecule is COc1ccc(O)c(C(=O)NC2CC3CCC2C3)c1. The Morgan fingerprint density at radius 1 is 1.37 bits per heavy atom. The molecule has 102 valence electrons. The van der Waals surface area contributed by atoms with Gasteiger partial charge < -0.3 is 15.2 Å². The molecule has 2 saturated carbocycles. The maximum Gasteiger partial charge on any atom is 0.255 e. The summed E-state index contributed by atoms with van der Waals surface area (Å²) in [5.74, 6) is 1.79. The summed E-state index contributed by atoms with van der Waals surface area (Å²) in [6.45, 7) is 0. The quantitative estimate of drug-likeness (QED) is 0.878. The molecular formula is C15H19NO3. The van der Waals surface area contributed by atoms with Crippen LogP contribution in [0.25, 0.3) is 0 Å². The normalized spacial score (nSPS) is 28.4. The number of ether oxygens (including phenoxy) is 1. The van der Waals surface area contributed by atoms with E-state index in [-0.39, 0.29) is 17.7 Å². The molecule has 4 heteroatoms. The molecule has 2 fully saturated rings. The molecule has 2 bridgehead atoms. The van der Waals surface area contributed by atoms with E-state index in [1.165, 1.54) is 25.3 Å². The highest BCUT2D eigenvalue weighted by Crippen LogP contribution is 2.44. The van der Waals surface area contributed by atoms with Crippen molar-refractivity contribution < 1.29 is 14.6 Å². The first-order valence-electron chi connectivity index (χ1n) is 6.85. The lowest BCUT2D eigenvalue weighted by molar-refractivity contribution is 0.0920. The zero-order valence-corrected chi connectivity index (χ0v) is 11.1. The van der Waals surface area contributed by atoms with E-state index < -0.39 is 0 Å². The van der Waals surface area contributed by atoms with Crippen molar-refractivity contribution in [2.75, 3.05) is 7.11 Å². The van der Waals surface area contributed by atoms with E-state index in [0.29, 0.717) is 17.2 Å². The summed E-state index contributed by atoms with van der Waals surface area (Å²) >= 11 is 0. The number of hydrogen-bond acceptors (Lipinski definition) is 3. The highest BCUT2D eigenvalue weighted by atomic mass is 16.5. The minimum Gasteiger partial charge on any atom is -0.507 e. The molecule has 0 spiro atoms. The molecule has 0 aliphatic heterocycles. The van der Waals surface area contributed by atoms with Crippen LogP contribution in [0.2, 0.25) is 0 Å². The second kappa shape index (κ2) is 4.76. The number of aromatic hydroxyl groups is 1. The molecule has 1 amide bonds. The Labute approximate surface area is 112 Å². The fourth-order valence-corrected chi connectivity index (χ4v) is 3.49. The van der Waals surface area contributed by atoms with E-state index >= 15 is 0 Å². The summed E-state index contributed by atoms with van der Waals surface area (Å²) in [6, 6.07) is 4.99. The lowest BCUT2D eigenvalue weighted by Gasteiger charge is -2.23. The summed E-state index contributed by atoms with van der Waals surface area (Å²) in [7, 11) is 1.55. The van der Waals surface area contributed by atoms with E-state index in [1.54, 1.807) is 19.2 Å². The Morgan fingerprint density at radius 3 is 2.84 bits per heavy atom. The van der Waals surface area contributed by atoms with Crippen molar-refractivity contribution in [2.24, 2.45) is 11.8 Å². The maximum atomic E-state index is 12.2. The first kappa shape index (κ1) is 12.3. The summed E-state index contributed by atoms with van der Waals surface area (Å²) in [6.07, 6.45) is 4.86. The molecule has 0 aromatic heterocycles. The molecule has 0 heterocycles. The Balaban J connectivity index is 1.73. The molecular weight excluding hydrogens is 242 g/mol. The zero-order chi connectivity index (χ0) is 13.4. The topological polar surface area (TPSA) is 58.6 Å². The lowest BCUT2D eigenvalue weighted by atomic mass is 9.95. The number of carbonyl (C=O) groups is 1. The van der Waals surface area contributed by atoms with Crippen LogP contribution < -0.4 is 10.1 Å². The van der Waals surface area contributed by atoms with Gasteiger partial charge in [0.05, 0.1) is 12.7 Å². The average Bonchev–Trinajstić information content (AvgIpc) is 3.01. The second-order valence-electron chi connectivity index (χ2n) is 5.64. The van der Waals surface area contributed by atoms with Gasteiger partial charge in [0.1, 0.15) is 11.5 Å². The van der Waals surface area contributed by atoms with E-state index in [9.17, 15) is 9.90 Å². The number of phenols is 1. The van der Waals surface area contributed by atoms with Gasteiger partial charge in [0, 0.05) is 6.04 Å². The Hall–Kier alpha value is -1.71. The second-order valence-corrected chi connectivity index (χ2v) is 5.64. The van der Waals surface area contributed by atoms with Crippen LogP contribution >= 0.6 is 0 Å². The highest BCUT2D eigenvalue weighted by Gasteiger charge is 2.40. The number of rotatable bonds is 3. The van der Waals surface area contributed by atoms with Crippen LogP contribution in [0, 0.1) is 11.8 Å². The van der Waals surface area contributed by atoms with E-state index in [1.807, 2.05) is 0 Å². The van der Waals surface area contributed by atoms with Gasteiger partial charge in [-0.1, -0.05) is 6.42 Å².